The first-order valence-corrected chi connectivity index (χ1v) is 16.3. The third kappa shape index (κ3) is 7.41. The van der Waals surface area contributed by atoms with E-state index < -0.39 is 0 Å². The Hall–Kier alpha value is -2.12. The maximum Gasteiger partial charge on any atom is 0.158 e. The molecule has 4 rings (SSSR count). The number of ether oxygens (including phenoxy) is 4. The molecule has 43 heavy (non-hydrogen) atoms. The minimum atomic E-state index is -0.291. The largest absolute Gasteiger partial charge is 0.507 e. The lowest BCUT2D eigenvalue weighted by Crippen LogP contribution is -2.52. The number of hydrogen-bond donors (Lipinski definition) is 2. The van der Waals surface area contributed by atoms with E-state index >= 15 is 0 Å². The van der Waals surface area contributed by atoms with Gasteiger partial charge >= 0.3 is 0 Å². The summed E-state index contributed by atoms with van der Waals surface area (Å²) in [5.74, 6) is 1.26. The van der Waals surface area contributed by atoms with Gasteiger partial charge in [-0.05, 0) is 71.6 Å². The molecule has 2 aromatic rings. The predicted octanol–water partition coefficient (Wildman–Crippen LogP) is 8.51. The second-order valence-corrected chi connectivity index (χ2v) is 14.8. The molecule has 6 nitrogen and oxygen atoms in total. The van der Waals surface area contributed by atoms with Gasteiger partial charge in [0.15, 0.2) is 12.6 Å². The summed E-state index contributed by atoms with van der Waals surface area (Å²) >= 11 is 0. The van der Waals surface area contributed by atoms with Gasteiger partial charge in [0.2, 0.25) is 0 Å². The molecular weight excluding hydrogens is 540 g/mol. The Morgan fingerprint density at radius 2 is 1.00 bits per heavy atom. The van der Waals surface area contributed by atoms with Gasteiger partial charge in [0.1, 0.15) is 11.5 Å². The first-order valence-electron chi connectivity index (χ1n) is 16.3. The van der Waals surface area contributed by atoms with E-state index in [9.17, 15) is 10.2 Å². The summed E-state index contributed by atoms with van der Waals surface area (Å²) in [4.78, 5) is 0. The molecule has 240 valence electrons. The number of phenolic OH excluding ortho intramolecular Hbond substituents is 2. The van der Waals surface area contributed by atoms with Crippen LogP contribution in [0.2, 0.25) is 0 Å². The molecule has 2 saturated heterocycles. The first-order chi connectivity index (χ1) is 20.1. The molecule has 0 bridgehead atoms. The molecule has 0 aromatic heterocycles. The van der Waals surface area contributed by atoms with Crippen LogP contribution in [0.5, 0.6) is 11.5 Å². The number of aryl methyl sites for hydroxylation is 2. The normalized spacial score (nSPS) is 24.7. The van der Waals surface area contributed by atoms with Crippen LogP contribution < -0.4 is 0 Å². The highest BCUT2D eigenvalue weighted by Gasteiger charge is 2.42. The van der Waals surface area contributed by atoms with E-state index in [4.69, 9.17) is 18.9 Å². The molecule has 6 heteroatoms. The Morgan fingerprint density at radius 3 is 1.30 bits per heavy atom. The van der Waals surface area contributed by atoms with E-state index in [0.29, 0.717) is 37.9 Å². The third-order valence-corrected chi connectivity index (χ3v) is 10.4. The summed E-state index contributed by atoms with van der Waals surface area (Å²) in [7, 11) is 0. The number of aromatic hydroxyl groups is 2. The van der Waals surface area contributed by atoms with Crippen LogP contribution in [0.15, 0.2) is 24.3 Å². The summed E-state index contributed by atoms with van der Waals surface area (Å²) in [5, 5.41) is 21.5. The van der Waals surface area contributed by atoms with Crippen LogP contribution in [-0.2, 0) is 29.8 Å². The van der Waals surface area contributed by atoms with Crippen LogP contribution in [0, 0.1) is 19.3 Å². The van der Waals surface area contributed by atoms with Gasteiger partial charge in [-0.2, -0.15) is 0 Å². The summed E-state index contributed by atoms with van der Waals surface area (Å²) in [6.07, 6.45) is 2.83. The maximum atomic E-state index is 10.7. The first kappa shape index (κ1) is 33.8. The van der Waals surface area contributed by atoms with Crippen molar-refractivity contribution in [2.45, 2.75) is 130 Å². The van der Waals surface area contributed by atoms with Crippen LogP contribution in [0.3, 0.4) is 0 Å². The van der Waals surface area contributed by atoms with Crippen molar-refractivity contribution in [2.24, 2.45) is 5.41 Å². The fourth-order valence-electron chi connectivity index (χ4n) is 6.14. The minimum Gasteiger partial charge on any atom is -0.507 e. The Morgan fingerprint density at radius 1 is 0.674 bits per heavy atom. The van der Waals surface area contributed by atoms with Crippen molar-refractivity contribution < 1.29 is 29.2 Å². The fraction of sp³-hybridized carbons (Fsp3) is 0.676. The molecule has 2 atom stereocenters. The van der Waals surface area contributed by atoms with Gasteiger partial charge in [-0.1, -0.05) is 79.7 Å². The average molecular weight is 597 g/mol. The molecule has 2 unspecified atom stereocenters. The summed E-state index contributed by atoms with van der Waals surface area (Å²) in [5.41, 5.74) is 5.77. The van der Waals surface area contributed by atoms with Crippen molar-refractivity contribution in [1.29, 1.82) is 0 Å². The highest BCUT2D eigenvalue weighted by atomic mass is 16.7. The van der Waals surface area contributed by atoms with Crippen molar-refractivity contribution in [2.75, 3.05) is 26.4 Å². The maximum absolute atomic E-state index is 10.7. The SMILES string of the molecule is CCC(C)(C)c1cc(C(C)CC2OCC3(CO2)COC(CC(C)c2cc(C)c(O)c(C(C)(C)CC)c2)OC3)cc(C)c1O. The highest BCUT2D eigenvalue weighted by Crippen LogP contribution is 2.41. The van der Waals surface area contributed by atoms with Crippen molar-refractivity contribution in [3.8, 4) is 11.5 Å². The lowest BCUT2D eigenvalue weighted by atomic mass is 9.79. The lowest BCUT2D eigenvalue weighted by molar-refractivity contribution is -0.304. The Kier molecular flexibility index (Phi) is 10.3. The highest BCUT2D eigenvalue weighted by molar-refractivity contribution is 5.48. The second kappa shape index (κ2) is 13.1. The quantitative estimate of drug-likeness (QED) is 0.286. The summed E-state index contributed by atoms with van der Waals surface area (Å²) in [6, 6.07) is 8.51. The monoisotopic (exact) mass is 596 g/mol. The van der Waals surface area contributed by atoms with Crippen LogP contribution in [0.25, 0.3) is 0 Å². The molecule has 0 aliphatic carbocycles. The van der Waals surface area contributed by atoms with Crippen LogP contribution in [0.4, 0.5) is 0 Å². The molecule has 2 heterocycles. The summed E-state index contributed by atoms with van der Waals surface area (Å²) < 4.78 is 25.0. The summed E-state index contributed by atoms with van der Waals surface area (Å²) in [6.45, 7) is 23.6. The van der Waals surface area contributed by atoms with Gasteiger partial charge in [0.05, 0.1) is 31.8 Å². The van der Waals surface area contributed by atoms with Crippen molar-refractivity contribution in [1.82, 2.24) is 0 Å². The van der Waals surface area contributed by atoms with E-state index in [0.717, 1.165) is 47.9 Å². The van der Waals surface area contributed by atoms with Gasteiger partial charge in [0, 0.05) is 24.0 Å². The van der Waals surface area contributed by atoms with Gasteiger partial charge in [-0.25, -0.2) is 0 Å². The fourth-order valence-corrected chi connectivity index (χ4v) is 6.14. The van der Waals surface area contributed by atoms with Crippen LogP contribution in [-0.4, -0.2) is 49.2 Å². The standard InChI is InChI=1S/C37H56O6/c1-11-35(7,8)29-17-27(13-25(5)33(29)38)23(3)15-31-40-19-37(20-41-31)21-42-32(43-22-37)16-24(4)28-14-26(6)34(39)30(18-28)36(9,10)12-2/h13-14,17-18,23-24,31-32,38-39H,11-12,15-16,19-22H2,1-10H3. The van der Waals surface area contributed by atoms with Gasteiger partial charge in [0.25, 0.3) is 0 Å². The average Bonchev–Trinajstić information content (AvgIpc) is 2.97. The van der Waals surface area contributed by atoms with E-state index in [1.54, 1.807) is 0 Å². The molecule has 2 aliphatic heterocycles. The smallest absolute Gasteiger partial charge is 0.158 e. The Balaban J connectivity index is 1.31. The molecule has 0 radical (unpaired) electrons. The molecule has 1 spiro atoms. The lowest BCUT2D eigenvalue weighted by Gasteiger charge is -2.44. The van der Waals surface area contributed by atoms with Crippen molar-refractivity contribution >= 4 is 0 Å². The number of rotatable bonds is 10. The van der Waals surface area contributed by atoms with Crippen LogP contribution in [0.1, 0.15) is 126 Å². The Labute approximate surface area is 260 Å². The molecule has 0 saturated carbocycles. The molecule has 0 amide bonds. The number of phenols is 2. The van der Waals surface area contributed by atoms with Gasteiger partial charge in [-0.3, -0.25) is 0 Å². The van der Waals surface area contributed by atoms with Crippen molar-refractivity contribution in [3.05, 3.63) is 57.6 Å². The molecule has 2 aliphatic rings. The van der Waals surface area contributed by atoms with E-state index in [1.165, 1.54) is 11.1 Å². The number of benzene rings is 2. The van der Waals surface area contributed by atoms with E-state index in [2.05, 4.69) is 79.7 Å². The number of hydrogen-bond acceptors (Lipinski definition) is 6. The van der Waals surface area contributed by atoms with E-state index in [1.807, 2.05) is 13.8 Å². The topological polar surface area (TPSA) is 77.4 Å². The van der Waals surface area contributed by atoms with Crippen molar-refractivity contribution in [3.63, 3.8) is 0 Å². The second-order valence-electron chi connectivity index (χ2n) is 14.8. The predicted molar refractivity (Wildman–Crippen MR) is 172 cm³/mol. The van der Waals surface area contributed by atoms with Gasteiger partial charge < -0.3 is 29.2 Å². The molecular formula is C37H56O6. The van der Waals surface area contributed by atoms with Gasteiger partial charge in [-0.15, -0.1) is 0 Å². The molecule has 2 aromatic carbocycles. The molecule has 2 N–H and O–H groups in total. The minimum absolute atomic E-state index is 0.0939. The zero-order valence-corrected chi connectivity index (χ0v) is 28.3. The van der Waals surface area contributed by atoms with Crippen LogP contribution >= 0.6 is 0 Å². The zero-order chi connectivity index (χ0) is 31.7. The molecule has 2 fully saturated rings. The zero-order valence-electron chi connectivity index (χ0n) is 28.3. The third-order valence-electron chi connectivity index (χ3n) is 10.4. The van der Waals surface area contributed by atoms with E-state index in [-0.39, 0.29) is 40.7 Å². The Bertz CT molecular complexity index is 1150.